The van der Waals surface area contributed by atoms with E-state index in [0.29, 0.717) is 17.2 Å². The maximum Gasteiger partial charge on any atom is 0.435 e. The second kappa shape index (κ2) is 11.3. The number of amides is 2. The van der Waals surface area contributed by atoms with Gasteiger partial charge in [0.05, 0.1) is 5.69 Å². The van der Waals surface area contributed by atoms with Crippen LogP contribution in [0, 0.1) is 0 Å². The molecular weight excluding hydrogens is 537 g/mol. The van der Waals surface area contributed by atoms with Crippen molar-refractivity contribution in [2.75, 3.05) is 5.32 Å². The molecule has 0 radical (unpaired) electrons. The highest BCUT2D eigenvalue weighted by atomic mass is 19.4. The summed E-state index contributed by atoms with van der Waals surface area (Å²) < 4.78 is 41.8. The topological polar surface area (TPSA) is 107 Å². The van der Waals surface area contributed by atoms with Crippen molar-refractivity contribution >= 4 is 23.5 Å². The van der Waals surface area contributed by atoms with E-state index in [1.54, 1.807) is 69.3 Å². The van der Waals surface area contributed by atoms with Crippen molar-refractivity contribution in [3.05, 3.63) is 113 Å². The van der Waals surface area contributed by atoms with Gasteiger partial charge >= 0.3 is 6.18 Å². The summed E-state index contributed by atoms with van der Waals surface area (Å²) in [6, 6.07) is 21.2. The first-order valence-corrected chi connectivity index (χ1v) is 12.5. The number of aromatic nitrogens is 2. The molecule has 4 aromatic rings. The second-order valence-electron chi connectivity index (χ2n) is 10.2. The fourth-order valence-electron chi connectivity index (χ4n) is 4.11. The Morgan fingerprint density at radius 2 is 1.54 bits per heavy atom. The Labute approximate surface area is 234 Å². The van der Waals surface area contributed by atoms with E-state index < -0.39 is 35.1 Å². The number of nitrogens with one attached hydrogen (secondary N) is 1. The minimum absolute atomic E-state index is 0.100. The number of anilines is 1. The summed E-state index contributed by atoms with van der Waals surface area (Å²) >= 11 is 0. The van der Waals surface area contributed by atoms with Crippen LogP contribution >= 0.6 is 0 Å². The number of carbonyl (C=O) groups is 3. The van der Waals surface area contributed by atoms with Crippen LogP contribution in [-0.4, -0.2) is 38.0 Å². The van der Waals surface area contributed by atoms with E-state index in [2.05, 4.69) is 10.4 Å². The van der Waals surface area contributed by atoms with Crippen molar-refractivity contribution in [1.29, 1.82) is 0 Å². The molecule has 0 aliphatic carbocycles. The van der Waals surface area contributed by atoms with Crippen LogP contribution < -0.4 is 10.4 Å². The van der Waals surface area contributed by atoms with Gasteiger partial charge in [-0.2, -0.15) is 18.3 Å². The standard InChI is InChI=1S/C30H27F3N4O4/c1-29(2,3)36(28(40)41)18-19-9-7-14-23(15-19)37-24(17-25(35-37)30(31,32)33)27(39)34-22-13-8-12-21(16-22)26(38)20-10-5-4-6-11-20/h4-17H,18H2,1-3H3,(H,34,39)(H,40,41)/p-1. The summed E-state index contributed by atoms with van der Waals surface area (Å²) in [5.74, 6) is -1.18. The third-order valence-electron chi connectivity index (χ3n) is 6.18. The van der Waals surface area contributed by atoms with Crippen LogP contribution in [0.5, 0.6) is 0 Å². The van der Waals surface area contributed by atoms with Gasteiger partial charge in [0.15, 0.2) is 11.5 Å². The Morgan fingerprint density at radius 3 is 2.17 bits per heavy atom. The first-order valence-electron chi connectivity index (χ1n) is 12.5. The molecule has 0 spiro atoms. The zero-order chi connectivity index (χ0) is 29.9. The Morgan fingerprint density at radius 1 is 0.878 bits per heavy atom. The number of benzene rings is 3. The molecule has 1 heterocycles. The molecule has 0 unspecified atom stereocenters. The van der Waals surface area contributed by atoms with E-state index in [1.165, 1.54) is 30.3 Å². The lowest BCUT2D eigenvalue weighted by Gasteiger charge is -2.38. The summed E-state index contributed by atoms with van der Waals surface area (Å²) in [4.78, 5) is 38.8. The normalized spacial score (nSPS) is 11.7. The molecule has 0 aliphatic rings. The van der Waals surface area contributed by atoms with Gasteiger partial charge in [0.1, 0.15) is 11.8 Å². The quantitative estimate of drug-likeness (QED) is 0.307. The molecule has 1 aromatic heterocycles. The second-order valence-corrected chi connectivity index (χ2v) is 10.2. The van der Waals surface area contributed by atoms with Gasteiger partial charge in [0, 0.05) is 35.0 Å². The number of carbonyl (C=O) groups excluding carboxylic acids is 3. The fourth-order valence-corrected chi connectivity index (χ4v) is 4.11. The first-order chi connectivity index (χ1) is 19.2. The van der Waals surface area contributed by atoms with Gasteiger partial charge < -0.3 is 20.1 Å². The number of hydrogen-bond acceptors (Lipinski definition) is 5. The minimum atomic E-state index is -4.84. The Hall–Kier alpha value is -4.93. The molecule has 4 rings (SSSR count). The van der Waals surface area contributed by atoms with Crippen molar-refractivity contribution < 1.29 is 32.7 Å². The molecule has 212 valence electrons. The Balaban J connectivity index is 1.67. The summed E-state index contributed by atoms with van der Waals surface area (Å²) in [6.07, 6.45) is -6.24. The maximum atomic E-state index is 13.6. The van der Waals surface area contributed by atoms with Crippen molar-refractivity contribution in [2.24, 2.45) is 0 Å². The average Bonchev–Trinajstić information content (AvgIpc) is 3.38. The van der Waals surface area contributed by atoms with Crippen LogP contribution in [0.1, 0.15) is 58.4 Å². The zero-order valence-electron chi connectivity index (χ0n) is 22.4. The summed E-state index contributed by atoms with van der Waals surface area (Å²) in [5, 5.41) is 17.9. The highest BCUT2D eigenvalue weighted by Crippen LogP contribution is 2.30. The molecule has 0 atom stereocenters. The predicted octanol–water partition coefficient (Wildman–Crippen LogP) is 5.32. The molecule has 1 N–H and O–H groups in total. The smallest absolute Gasteiger partial charge is 0.435 e. The van der Waals surface area contributed by atoms with Crippen LogP contribution in [0.4, 0.5) is 23.7 Å². The molecule has 11 heteroatoms. The number of rotatable bonds is 7. The lowest BCUT2D eigenvalue weighted by atomic mass is 10.0. The van der Waals surface area contributed by atoms with Crippen molar-refractivity contribution in [1.82, 2.24) is 14.7 Å². The highest BCUT2D eigenvalue weighted by molar-refractivity contribution is 6.10. The third kappa shape index (κ3) is 6.81. The Kier molecular flexibility index (Phi) is 8.00. The van der Waals surface area contributed by atoms with Gasteiger partial charge in [0.2, 0.25) is 0 Å². The van der Waals surface area contributed by atoms with Crippen LogP contribution in [-0.2, 0) is 12.7 Å². The zero-order valence-corrected chi connectivity index (χ0v) is 22.4. The van der Waals surface area contributed by atoms with Crippen LogP contribution in [0.3, 0.4) is 0 Å². The monoisotopic (exact) mass is 563 g/mol. The molecule has 0 bridgehead atoms. The molecule has 0 saturated carbocycles. The SMILES string of the molecule is CC(C)(C)N(Cc1cccc(-n2nc(C(F)(F)F)cc2C(=O)Nc2cccc(C(=O)c3ccccc3)c2)c1)C(=O)[O-]. The third-order valence-corrected chi connectivity index (χ3v) is 6.18. The molecule has 0 aliphatic heterocycles. The van der Waals surface area contributed by atoms with Gasteiger partial charge in [-0.15, -0.1) is 0 Å². The van der Waals surface area contributed by atoms with Gasteiger partial charge in [-0.25, -0.2) is 4.68 Å². The molecule has 41 heavy (non-hydrogen) atoms. The predicted molar refractivity (Wildman–Crippen MR) is 144 cm³/mol. The minimum Gasteiger partial charge on any atom is -0.530 e. The van der Waals surface area contributed by atoms with E-state index in [9.17, 15) is 32.7 Å². The number of nitrogens with zero attached hydrogens (tertiary/aromatic N) is 3. The number of ketones is 1. The number of hydrogen-bond donors (Lipinski definition) is 1. The molecule has 2 amide bonds. The molecule has 8 nitrogen and oxygen atoms in total. The summed E-state index contributed by atoms with van der Waals surface area (Å²) in [7, 11) is 0. The van der Waals surface area contributed by atoms with Crippen molar-refractivity contribution in [3.63, 3.8) is 0 Å². The number of alkyl halides is 3. The highest BCUT2D eigenvalue weighted by Gasteiger charge is 2.36. The Bertz CT molecular complexity index is 1590. The average molecular weight is 564 g/mol. The van der Waals surface area contributed by atoms with Crippen LogP contribution in [0.2, 0.25) is 0 Å². The van der Waals surface area contributed by atoms with Crippen molar-refractivity contribution in [2.45, 2.75) is 39.0 Å². The lowest BCUT2D eigenvalue weighted by molar-refractivity contribution is -0.271. The fraction of sp³-hybridized carbons (Fsp3) is 0.200. The summed E-state index contributed by atoms with van der Waals surface area (Å²) in [5.41, 5.74) is -1.02. The summed E-state index contributed by atoms with van der Waals surface area (Å²) in [6.45, 7) is 4.94. The van der Waals surface area contributed by atoms with E-state index in [0.717, 1.165) is 9.58 Å². The van der Waals surface area contributed by atoms with E-state index in [-0.39, 0.29) is 29.3 Å². The number of carboxylic acid groups (broad SMARTS) is 1. The van der Waals surface area contributed by atoms with Gasteiger partial charge in [-0.1, -0.05) is 54.6 Å². The van der Waals surface area contributed by atoms with Crippen molar-refractivity contribution in [3.8, 4) is 5.69 Å². The van der Waals surface area contributed by atoms with Gasteiger partial charge in [0.25, 0.3) is 5.91 Å². The van der Waals surface area contributed by atoms with Crippen LogP contribution in [0.15, 0.2) is 84.9 Å². The molecule has 3 aromatic carbocycles. The largest absolute Gasteiger partial charge is 0.530 e. The van der Waals surface area contributed by atoms with Crippen LogP contribution in [0.25, 0.3) is 5.69 Å². The van der Waals surface area contributed by atoms with Gasteiger partial charge in [-0.3, -0.25) is 9.59 Å². The lowest BCUT2D eigenvalue weighted by Crippen LogP contribution is -2.50. The molecule has 0 saturated heterocycles. The molecular formula is C30H26F3N4O4-. The van der Waals surface area contributed by atoms with E-state index in [4.69, 9.17) is 0 Å². The van der Waals surface area contributed by atoms with E-state index in [1.807, 2.05) is 0 Å². The van der Waals surface area contributed by atoms with E-state index >= 15 is 0 Å². The number of halogens is 3. The van der Waals surface area contributed by atoms with Gasteiger partial charge in [-0.05, 0) is 50.6 Å². The maximum absolute atomic E-state index is 13.6. The molecule has 0 fully saturated rings. The first kappa shape index (κ1) is 29.1.